The van der Waals surface area contributed by atoms with Crippen molar-refractivity contribution in [3.63, 3.8) is 0 Å². The van der Waals surface area contributed by atoms with Gasteiger partial charge in [0.25, 0.3) is 0 Å². The third-order valence-corrected chi connectivity index (χ3v) is 24.4. The minimum atomic E-state index is -1.06. The molecular formula is C100H194O13. The summed E-state index contributed by atoms with van der Waals surface area (Å²) in [6.07, 6.45) is 73.6. The average molecular weight is 1600 g/mol. The molecule has 0 N–H and O–H groups in total. The molecule has 4 unspecified atom stereocenters. The summed E-state index contributed by atoms with van der Waals surface area (Å²) in [6.45, 7) is 25.1. The fourth-order valence-electron chi connectivity index (χ4n) is 16.7. The minimum Gasteiger partial charge on any atom is -0.463 e. The normalized spacial score (nSPS) is 20.0. The van der Waals surface area contributed by atoms with E-state index in [1.54, 1.807) is 0 Å². The van der Waals surface area contributed by atoms with Gasteiger partial charge in [-0.1, -0.05) is 442 Å². The van der Waals surface area contributed by atoms with Crippen molar-refractivity contribution in [3.8, 4) is 0 Å². The van der Waals surface area contributed by atoms with Gasteiger partial charge in [-0.2, -0.15) is 0 Å². The fourth-order valence-corrected chi connectivity index (χ4v) is 16.7. The lowest BCUT2D eigenvalue weighted by Crippen LogP contribution is -2.66. The Bertz CT molecular complexity index is 1770. The van der Waals surface area contributed by atoms with Crippen molar-refractivity contribution >= 4 is 11.9 Å². The summed E-state index contributed by atoms with van der Waals surface area (Å²) in [4.78, 5) is 30.0. The second kappa shape index (κ2) is 81.6. The molecule has 0 bridgehead atoms. The number of ether oxygens (including phenoxy) is 11. The zero-order valence-electron chi connectivity index (χ0n) is 77.0. The summed E-state index contributed by atoms with van der Waals surface area (Å²) >= 11 is 0. The van der Waals surface area contributed by atoms with Gasteiger partial charge in [-0.25, -0.2) is 0 Å². The highest BCUT2D eigenvalue weighted by Crippen LogP contribution is 2.37. The van der Waals surface area contributed by atoms with E-state index in [2.05, 4.69) is 69.2 Å². The largest absolute Gasteiger partial charge is 0.463 e. The Kier molecular flexibility index (Phi) is 77.7. The first-order valence-electron chi connectivity index (χ1n) is 50.7. The highest BCUT2D eigenvalue weighted by atomic mass is 16.8. The molecule has 13 nitrogen and oxygen atoms in total. The molecule has 113 heavy (non-hydrogen) atoms. The smallest absolute Gasteiger partial charge is 0.309 e. The number of carbonyl (C=O) groups is 2. The maximum atomic E-state index is 15.0. The maximum absolute atomic E-state index is 15.0. The molecule has 0 aromatic rings. The Labute approximate surface area is 701 Å². The summed E-state index contributed by atoms with van der Waals surface area (Å²) in [6, 6.07) is 0. The van der Waals surface area contributed by atoms with Gasteiger partial charge in [0.15, 0.2) is 12.6 Å². The Balaban J connectivity index is 2.62. The van der Waals surface area contributed by atoms with Crippen molar-refractivity contribution in [2.24, 2.45) is 11.8 Å². The van der Waals surface area contributed by atoms with Gasteiger partial charge in [-0.05, 0) is 64.2 Å². The van der Waals surface area contributed by atoms with Gasteiger partial charge in [-0.3, -0.25) is 9.59 Å². The molecule has 0 aliphatic carbocycles. The topological polar surface area (TPSA) is 136 Å². The standard InChI is InChI=1S/C100H194O13/c1-11-21-31-35-39-43-47-51-55-59-63-67-71-75-87(76-72-68-64-60-56-52-48-44-40-36-32-22-12-2)97(101)109-85-89-91(103-79-25-15-5)93(105-81-27-17-7)95(107-83-29-19-9)99(111-89)113-100-96(108-84-30-20-10)94(106-82-28-18-8)92(104-80-26-16-6)90(112-100)86-110-98(102)88(77-73-69-65-61-57-53-49-45-41-37-33-23-13-3)78-74-70-66-62-58-54-50-46-42-38-34-24-14-4/h87-96,99-100H,11-86H2,1-10H3/t89?,90?,91-,92-,93+,94+,95?,96?,99-,100-/m1/s1. The molecule has 0 aromatic carbocycles. The van der Waals surface area contributed by atoms with E-state index in [9.17, 15) is 0 Å². The average Bonchev–Trinajstić information content (AvgIpc) is 0.773. The molecular weight excluding hydrogens is 1410 g/mol. The molecule has 13 heteroatoms. The van der Waals surface area contributed by atoms with Crippen LogP contribution in [0.3, 0.4) is 0 Å². The highest BCUT2D eigenvalue weighted by molar-refractivity contribution is 5.72. The lowest BCUT2D eigenvalue weighted by Gasteiger charge is -2.49. The molecule has 0 amide bonds. The summed E-state index contributed by atoms with van der Waals surface area (Å²) in [7, 11) is 0. The first-order valence-corrected chi connectivity index (χ1v) is 50.7. The predicted octanol–water partition coefficient (Wildman–Crippen LogP) is 29.8. The Morgan fingerprint density at radius 1 is 0.212 bits per heavy atom. The molecule has 672 valence electrons. The third kappa shape index (κ3) is 57.5. The molecule has 2 heterocycles. The van der Waals surface area contributed by atoms with E-state index in [1.165, 1.54) is 283 Å². The van der Waals surface area contributed by atoms with E-state index in [0.29, 0.717) is 39.6 Å². The molecule has 2 aliphatic rings. The molecule has 0 radical (unpaired) electrons. The van der Waals surface area contributed by atoms with Crippen LogP contribution in [0.5, 0.6) is 0 Å². The zero-order chi connectivity index (χ0) is 81.6. The summed E-state index contributed by atoms with van der Waals surface area (Å²) in [5, 5.41) is 0. The molecule has 2 fully saturated rings. The highest BCUT2D eigenvalue weighted by Gasteiger charge is 2.55. The second-order valence-corrected chi connectivity index (χ2v) is 35.1. The van der Waals surface area contributed by atoms with Gasteiger partial charge >= 0.3 is 11.9 Å². The lowest BCUT2D eigenvalue weighted by atomic mass is 9.93. The van der Waals surface area contributed by atoms with Crippen LogP contribution >= 0.6 is 0 Å². The van der Waals surface area contributed by atoms with Gasteiger partial charge < -0.3 is 52.1 Å². The third-order valence-electron chi connectivity index (χ3n) is 24.4. The Hall–Kier alpha value is -1.42. The molecule has 2 saturated heterocycles. The van der Waals surface area contributed by atoms with Crippen molar-refractivity contribution in [2.45, 2.75) is 567 Å². The second-order valence-electron chi connectivity index (χ2n) is 35.1. The van der Waals surface area contributed by atoms with E-state index < -0.39 is 61.4 Å². The molecule has 2 aliphatic heterocycles. The van der Waals surface area contributed by atoms with Crippen molar-refractivity contribution in [1.82, 2.24) is 0 Å². The number of carbonyl (C=O) groups excluding carboxylic acids is 2. The van der Waals surface area contributed by atoms with Crippen molar-refractivity contribution in [2.75, 3.05) is 52.9 Å². The van der Waals surface area contributed by atoms with Crippen molar-refractivity contribution in [3.05, 3.63) is 0 Å². The van der Waals surface area contributed by atoms with Crippen LogP contribution in [0.4, 0.5) is 0 Å². The molecule has 0 aromatic heterocycles. The van der Waals surface area contributed by atoms with Crippen LogP contribution in [0, 0.1) is 11.8 Å². The van der Waals surface area contributed by atoms with Crippen LogP contribution in [-0.2, 0) is 61.7 Å². The monoisotopic (exact) mass is 1600 g/mol. The molecule has 10 atom stereocenters. The number of unbranched alkanes of at least 4 members (excludes halogenated alkanes) is 54. The lowest BCUT2D eigenvalue weighted by molar-refractivity contribution is -0.390. The first kappa shape index (κ1) is 108. The van der Waals surface area contributed by atoms with Gasteiger partial charge in [0, 0.05) is 39.6 Å². The van der Waals surface area contributed by atoms with E-state index in [-0.39, 0.29) is 37.0 Å². The minimum absolute atomic E-state index is 0.0189. The quantitative estimate of drug-likeness (QED) is 0.0423. The van der Waals surface area contributed by atoms with E-state index >= 15 is 9.59 Å². The van der Waals surface area contributed by atoms with Crippen LogP contribution < -0.4 is 0 Å². The Morgan fingerprint density at radius 3 is 0.575 bits per heavy atom. The first-order chi connectivity index (χ1) is 55.7. The summed E-state index contributed by atoms with van der Waals surface area (Å²) < 4.78 is 77.8. The van der Waals surface area contributed by atoms with E-state index in [0.717, 1.165) is 154 Å². The van der Waals surface area contributed by atoms with Gasteiger partial charge in [0.2, 0.25) is 0 Å². The molecule has 0 saturated carbocycles. The fraction of sp³-hybridized carbons (Fsp3) is 0.980. The van der Waals surface area contributed by atoms with Gasteiger partial charge in [-0.15, -0.1) is 0 Å². The van der Waals surface area contributed by atoms with E-state index in [4.69, 9.17) is 52.1 Å². The van der Waals surface area contributed by atoms with Gasteiger partial charge in [0.05, 0.1) is 11.8 Å². The van der Waals surface area contributed by atoms with Crippen LogP contribution in [0.25, 0.3) is 0 Å². The number of esters is 2. The van der Waals surface area contributed by atoms with Crippen molar-refractivity contribution in [1.29, 1.82) is 0 Å². The van der Waals surface area contributed by atoms with Gasteiger partial charge in [0.1, 0.15) is 62.0 Å². The molecule has 0 spiro atoms. The Morgan fingerprint density at radius 2 is 0.381 bits per heavy atom. The zero-order valence-corrected chi connectivity index (χ0v) is 77.0. The molecule has 2 rings (SSSR count). The number of hydrogen-bond acceptors (Lipinski definition) is 13. The summed E-state index contributed by atoms with van der Waals surface area (Å²) in [5.74, 6) is -0.674. The maximum Gasteiger partial charge on any atom is 0.309 e. The predicted molar refractivity (Wildman–Crippen MR) is 476 cm³/mol. The SMILES string of the molecule is CCCCCCCCCCCCCCCC(CCCCCCCCCCCCCCC)C(=O)OCC1O[C@H](O[C@H]2OC(COC(=O)C(CCCCCCCCCCCCCCC)CCCCCCCCCCCCCCC)[C@@H](OCCCC)[C@H](OCCCC)C2OCCCC)C(OCCCC)[C@@H](OCCCC)[C@@H]1OCCCC. The van der Waals surface area contributed by atoms with E-state index in [1.807, 2.05) is 0 Å². The van der Waals surface area contributed by atoms with Crippen LogP contribution in [0.15, 0.2) is 0 Å². The number of hydrogen-bond donors (Lipinski definition) is 0. The summed E-state index contributed by atoms with van der Waals surface area (Å²) in [5.41, 5.74) is 0. The van der Waals surface area contributed by atoms with Crippen LogP contribution in [0.1, 0.15) is 506 Å². The van der Waals surface area contributed by atoms with Crippen LogP contribution in [-0.4, -0.2) is 126 Å². The van der Waals surface area contributed by atoms with Crippen LogP contribution in [0.2, 0.25) is 0 Å². The number of rotatable bonds is 88. The van der Waals surface area contributed by atoms with Crippen molar-refractivity contribution < 1.29 is 61.7 Å².